The largest absolute Gasteiger partial charge is 0.339 e. The van der Waals surface area contributed by atoms with Crippen molar-refractivity contribution in [2.24, 2.45) is 0 Å². The number of hydrogen-bond donors (Lipinski definition) is 1. The maximum Gasteiger partial charge on any atom is 0.153 e. The molecule has 0 radical (unpaired) electrons. The Kier molecular flexibility index (Phi) is 3.59. The van der Waals surface area contributed by atoms with Gasteiger partial charge in [-0.1, -0.05) is 17.7 Å². The Morgan fingerprint density at radius 2 is 1.96 bits per heavy atom. The second-order valence-corrected chi connectivity index (χ2v) is 5.71. The van der Waals surface area contributed by atoms with Crippen molar-refractivity contribution >= 4 is 34.1 Å². The van der Waals surface area contributed by atoms with Gasteiger partial charge in [-0.15, -0.1) is 5.10 Å². The number of aryl methyl sites for hydroxylation is 1. The van der Waals surface area contributed by atoms with Gasteiger partial charge in [0.15, 0.2) is 5.82 Å². The van der Waals surface area contributed by atoms with E-state index in [1.807, 2.05) is 54.0 Å². The van der Waals surface area contributed by atoms with Gasteiger partial charge in [-0.3, -0.25) is 4.57 Å². The SMILES string of the molecule is Cc1ccc(Nc2ccc3ncn(-c4cccc(Cl)n4)c3c2)nn1. The van der Waals surface area contributed by atoms with Gasteiger partial charge in [0.05, 0.1) is 16.7 Å². The van der Waals surface area contributed by atoms with Crippen LogP contribution in [0.2, 0.25) is 5.15 Å². The van der Waals surface area contributed by atoms with Crippen LogP contribution >= 0.6 is 11.6 Å². The van der Waals surface area contributed by atoms with E-state index in [9.17, 15) is 0 Å². The first kappa shape index (κ1) is 14.6. The Morgan fingerprint density at radius 1 is 1.04 bits per heavy atom. The number of hydrogen-bond acceptors (Lipinski definition) is 5. The summed E-state index contributed by atoms with van der Waals surface area (Å²) in [5, 5.41) is 11.9. The zero-order valence-electron chi connectivity index (χ0n) is 12.8. The van der Waals surface area contributed by atoms with Crippen molar-refractivity contribution in [1.82, 2.24) is 24.7 Å². The summed E-state index contributed by atoms with van der Waals surface area (Å²) in [6, 6.07) is 15.2. The molecule has 3 aromatic heterocycles. The highest BCUT2D eigenvalue weighted by Gasteiger charge is 2.08. The van der Waals surface area contributed by atoms with Crippen LogP contribution in [0.1, 0.15) is 5.69 Å². The molecule has 6 nitrogen and oxygen atoms in total. The molecule has 0 unspecified atom stereocenters. The number of benzene rings is 1. The smallest absolute Gasteiger partial charge is 0.153 e. The van der Waals surface area contributed by atoms with E-state index in [4.69, 9.17) is 11.6 Å². The number of anilines is 2. The highest BCUT2D eigenvalue weighted by atomic mass is 35.5. The molecule has 0 aliphatic rings. The predicted molar refractivity (Wildman–Crippen MR) is 93.9 cm³/mol. The minimum Gasteiger partial charge on any atom is -0.339 e. The lowest BCUT2D eigenvalue weighted by Crippen LogP contribution is -1.98. The number of pyridine rings is 1. The number of aromatic nitrogens is 5. The number of nitrogens with zero attached hydrogens (tertiary/aromatic N) is 5. The van der Waals surface area contributed by atoms with Gasteiger partial charge in [-0.05, 0) is 49.4 Å². The molecule has 24 heavy (non-hydrogen) atoms. The van der Waals surface area contributed by atoms with Gasteiger partial charge in [-0.2, -0.15) is 5.10 Å². The summed E-state index contributed by atoms with van der Waals surface area (Å²) in [5.74, 6) is 1.41. The lowest BCUT2D eigenvalue weighted by atomic mass is 10.2. The number of nitrogens with one attached hydrogen (secondary N) is 1. The van der Waals surface area contributed by atoms with E-state index >= 15 is 0 Å². The molecule has 0 saturated carbocycles. The normalized spacial score (nSPS) is 10.9. The summed E-state index contributed by atoms with van der Waals surface area (Å²) in [6.45, 7) is 1.90. The first-order valence-corrected chi connectivity index (χ1v) is 7.74. The minimum absolute atomic E-state index is 0.443. The van der Waals surface area contributed by atoms with Crippen LogP contribution < -0.4 is 5.32 Å². The van der Waals surface area contributed by atoms with E-state index in [-0.39, 0.29) is 0 Å². The zero-order valence-corrected chi connectivity index (χ0v) is 13.6. The number of fused-ring (bicyclic) bond motifs is 1. The minimum atomic E-state index is 0.443. The van der Waals surface area contributed by atoms with Crippen molar-refractivity contribution in [2.45, 2.75) is 6.92 Å². The van der Waals surface area contributed by atoms with Crippen molar-refractivity contribution in [3.05, 3.63) is 65.7 Å². The fraction of sp³-hybridized carbons (Fsp3) is 0.0588. The fourth-order valence-corrected chi connectivity index (χ4v) is 2.57. The van der Waals surface area contributed by atoms with Gasteiger partial charge >= 0.3 is 0 Å². The number of rotatable bonds is 3. The van der Waals surface area contributed by atoms with Crippen LogP contribution in [0.25, 0.3) is 16.9 Å². The number of halogens is 1. The maximum absolute atomic E-state index is 5.99. The van der Waals surface area contributed by atoms with Crippen LogP contribution in [0.5, 0.6) is 0 Å². The van der Waals surface area contributed by atoms with Crippen LogP contribution in [-0.2, 0) is 0 Å². The molecule has 1 N–H and O–H groups in total. The van der Waals surface area contributed by atoms with Gasteiger partial charge < -0.3 is 5.32 Å². The lowest BCUT2D eigenvalue weighted by Gasteiger charge is -2.07. The summed E-state index contributed by atoms with van der Waals surface area (Å²) < 4.78 is 1.90. The molecule has 3 heterocycles. The molecule has 0 fully saturated rings. The molecule has 0 atom stereocenters. The van der Waals surface area contributed by atoms with Crippen molar-refractivity contribution in [1.29, 1.82) is 0 Å². The molecule has 0 aliphatic carbocycles. The van der Waals surface area contributed by atoms with Crippen LogP contribution in [0.3, 0.4) is 0 Å². The van der Waals surface area contributed by atoms with Crippen molar-refractivity contribution in [3.8, 4) is 5.82 Å². The maximum atomic E-state index is 5.99. The monoisotopic (exact) mass is 336 g/mol. The van der Waals surface area contributed by atoms with Crippen LogP contribution in [0.15, 0.2) is 54.9 Å². The molecule has 4 rings (SSSR count). The Bertz CT molecular complexity index is 1010. The van der Waals surface area contributed by atoms with Crippen molar-refractivity contribution < 1.29 is 0 Å². The Labute approximate surface area is 143 Å². The molecule has 0 spiro atoms. The molecule has 118 valence electrons. The van der Waals surface area contributed by atoms with Gasteiger partial charge in [-0.25, -0.2) is 9.97 Å². The Morgan fingerprint density at radius 3 is 2.75 bits per heavy atom. The summed E-state index contributed by atoms with van der Waals surface area (Å²) in [5.41, 5.74) is 3.57. The van der Waals surface area contributed by atoms with Gasteiger partial charge in [0.25, 0.3) is 0 Å². The predicted octanol–water partition coefficient (Wildman–Crippen LogP) is 3.92. The summed E-state index contributed by atoms with van der Waals surface area (Å²) in [4.78, 5) is 8.74. The van der Waals surface area contributed by atoms with Gasteiger partial charge in [0.2, 0.25) is 0 Å². The van der Waals surface area contributed by atoms with E-state index in [1.165, 1.54) is 0 Å². The Balaban J connectivity index is 1.74. The lowest BCUT2D eigenvalue weighted by molar-refractivity contribution is 0.986. The van der Waals surface area contributed by atoms with E-state index in [2.05, 4.69) is 25.5 Å². The summed E-state index contributed by atoms with van der Waals surface area (Å²) in [6.07, 6.45) is 1.73. The highest BCUT2D eigenvalue weighted by molar-refractivity contribution is 6.29. The van der Waals surface area contributed by atoms with Crippen molar-refractivity contribution in [3.63, 3.8) is 0 Å². The van der Waals surface area contributed by atoms with Gasteiger partial charge in [0, 0.05) is 5.69 Å². The third kappa shape index (κ3) is 2.79. The Hall–Kier alpha value is -2.99. The molecule has 0 aliphatic heterocycles. The molecular formula is C17H13ClN6. The second kappa shape index (κ2) is 5.90. The summed E-state index contributed by atoms with van der Waals surface area (Å²) >= 11 is 5.99. The van der Waals surface area contributed by atoms with Crippen molar-refractivity contribution in [2.75, 3.05) is 5.32 Å². The standard InChI is InChI=1S/C17H13ClN6/c1-11-5-8-16(23-22-11)20-12-6-7-13-14(9-12)24(10-19-13)17-4-2-3-15(18)21-17/h2-10H,1H3,(H,20,23). The topological polar surface area (TPSA) is 68.5 Å². The molecule has 0 bridgehead atoms. The van der Waals surface area contributed by atoms with E-state index < -0.39 is 0 Å². The van der Waals surface area contributed by atoms with Crippen LogP contribution in [-0.4, -0.2) is 24.7 Å². The molecule has 4 aromatic rings. The summed E-state index contributed by atoms with van der Waals surface area (Å²) in [7, 11) is 0. The quantitative estimate of drug-likeness (QED) is 0.574. The highest BCUT2D eigenvalue weighted by Crippen LogP contribution is 2.23. The third-order valence-electron chi connectivity index (χ3n) is 3.56. The van der Waals surface area contributed by atoms with Crippen LogP contribution in [0, 0.1) is 6.92 Å². The van der Waals surface area contributed by atoms with E-state index in [0.29, 0.717) is 11.0 Å². The second-order valence-electron chi connectivity index (χ2n) is 5.32. The molecule has 7 heteroatoms. The van der Waals surface area contributed by atoms with E-state index in [1.54, 1.807) is 12.4 Å². The molecule has 0 saturated heterocycles. The van der Waals surface area contributed by atoms with Gasteiger partial charge in [0.1, 0.15) is 17.3 Å². The molecule has 1 aromatic carbocycles. The van der Waals surface area contributed by atoms with Crippen LogP contribution in [0.4, 0.5) is 11.5 Å². The van der Waals surface area contributed by atoms with E-state index in [0.717, 1.165) is 28.2 Å². The molecular weight excluding hydrogens is 324 g/mol. The third-order valence-corrected chi connectivity index (χ3v) is 3.78. The molecule has 0 amide bonds. The first-order valence-electron chi connectivity index (χ1n) is 7.36. The average molecular weight is 337 g/mol. The number of imidazole rings is 1. The fourth-order valence-electron chi connectivity index (χ4n) is 2.41. The zero-order chi connectivity index (χ0) is 16.5. The average Bonchev–Trinajstić information content (AvgIpc) is 3.00. The first-order chi connectivity index (χ1) is 11.7.